The van der Waals surface area contributed by atoms with E-state index in [-0.39, 0.29) is 30.2 Å². The van der Waals surface area contributed by atoms with Crippen LogP contribution in [0.15, 0.2) is 54.6 Å². The van der Waals surface area contributed by atoms with Crippen LogP contribution >= 0.6 is 23.4 Å². The van der Waals surface area contributed by atoms with Crippen molar-refractivity contribution < 1.29 is 19.5 Å². The van der Waals surface area contributed by atoms with Crippen LogP contribution in [0.4, 0.5) is 11.4 Å². The van der Waals surface area contributed by atoms with Crippen LogP contribution in [0.3, 0.4) is 0 Å². The number of likely N-dealkylation sites (tertiary alicyclic amines) is 1. The fourth-order valence-electron chi connectivity index (χ4n) is 6.76. The normalized spacial score (nSPS) is 30.4. The molecule has 0 aromatic heterocycles. The molecule has 3 aliphatic rings. The number of nitrogens with zero attached hydrogens (tertiary/aromatic N) is 1. The first kappa shape index (κ1) is 27.0. The van der Waals surface area contributed by atoms with Gasteiger partial charge in [0.25, 0.3) is 0 Å². The lowest BCUT2D eigenvalue weighted by atomic mass is 9.66. The van der Waals surface area contributed by atoms with Crippen molar-refractivity contribution in [3.63, 3.8) is 0 Å². The molecule has 3 fully saturated rings. The summed E-state index contributed by atoms with van der Waals surface area (Å²) in [6.07, 6.45) is 1.92. The van der Waals surface area contributed by atoms with Gasteiger partial charge in [-0.05, 0) is 68.5 Å². The second-order valence-corrected chi connectivity index (χ2v) is 13.6. The minimum atomic E-state index is -0.812. The van der Waals surface area contributed by atoms with Gasteiger partial charge >= 0.3 is 0 Å². The standard InChI is InChI=1S/C29H34ClN3O4S/c1-17(2)15-21(16-34)33-24(26(36)32-20-11-9-18(30)10-12-20)29-14-13-28(3,38-29)22(23(29)27(33)37)25(35)31-19-7-5-4-6-8-19/h4-12,17,21-24,34H,13-16H2,1-3H3,(H,31,35)(H,32,36)/t21-,22-,23+,24?,28+,29?/m1/s1. The zero-order chi connectivity index (χ0) is 27.2. The highest BCUT2D eigenvalue weighted by molar-refractivity contribution is 8.02. The minimum absolute atomic E-state index is 0.200. The van der Waals surface area contributed by atoms with E-state index in [2.05, 4.69) is 10.6 Å². The molecule has 5 rings (SSSR count). The van der Waals surface area contributed by atoms with Crippen LogP contribution in [0.1, 0.15) is 40.0 Å². The Morgan fingerprint density at radius 3 is 2.32 bits per heavy atom. The summed E-state index contributed by atoms with van der Waals surface area (Å²) in [4.78, 5) is 43.7. The number of aliphatic hydroxyl groups excluding tert-OH is 1. The lowest BCUT2D eigenvalue weighted by Gasteiger charge is -2.37. The van der Waals surface area contributed by atoms with Crippen molar-refractivity contribution in [3.05, 3.63) is 59.6 Å². The molecule has 0 aliphatic carbocycles. The first-order valence-electron chi connectivity index (χ1n) is 13.1. The summed E-state index contributed by atoms with van der Waals surface area (Å²) in [5.74, 6) is -1.76. The maximum atomic E-state index is 14.3. The van der Waals surface area contributed by atoms with Gasteiger partial charge in [-0.25, -0.2) is 0 Å². The van der Waals surface area contributed by atoms with Gasteiger partial charge in [-0.1, -0.05) is 43.6 Å². The number of amides is 3. The van der Waals surface area contributed by atoms with E-state index in [1.807, 2.05) is 51.1 Å². The molecule has 3 saturated heterocycles. The molecule has 3 N–H and O–H groups in total. The summed E-state index contributed by atoms with van der Waals surface area (Å²) in [6, 6.07) is 14.8. The molecule has 0 radical (unpaired) electrons. The number of para-hydroxylation sites is 1. The van der Waals surface area contributed by atoms with Crippen molar-refractivity contribution in [2.24, 2.45) is 17.8 Å². The average Bonchev–Trinajstić information content (AvgIpc) is 3.45. The molecule has 2 aromatic carbocycles. The van der Waals surface area contributed by atoms with E-state index < -0.39 is 33.4 Å². The van der Waals surface area contributed by atoms with Gasteiger partial charge in [-0.3, -0.25) is 14.4 Å². The van der Waals surface area contributed by atoms with Crippen LogP contribution < -0.4 is 10.6 Å². The summed E-state index contributed by atoms with van der Waals surface area (Å²) >= 11 is 7.65. The Morgan fingerprint density at radius 2 is 1.68 bits per heavy atom. The third-order valence-corrected chi connectivity index (χ3v) is 10.5. The molecule has 202 valence electrons. The van der Waals surface area contributed by atoms with Crippen LogP contribution in [0.5, 0.6) is 0 Å². The summed E-state index contributed by atoms with van der Waals surface area (Å²) in [7, 11) is 0. The van der Waals surface area contributed by atoms with Crippen LogP contribution in [-0.4, -0.2) is 55.9 Å². The van der Waals surface area contributed by atoms with E-state index in [1.165, 1.54) is 0 Å². The number of hydrogen-bond donors (Lipinski definition) is 3. The van der Waals surface area contributed by atoms with Crippen LogP contribution in [0, 0.1) is 17.8 Å². The second kappa shape index (κ2) is 10.2. The van der Waals surface area contributed by atoms with Crippen molar-refractivity contribution in [2.75, 3.05) is 17.2 Å². The smallest absolute Gasteiger partial charge is 0.248 e. The van der Waals surface area contributed by atoms with Crippen molar-refractivity contribution in [3.8, 4) is 0 Å². The molecule has 2 unspecified atom stereocenters. The van der Waals surface area contributed by atoms with E-state index in [9.17, 15) is 19.5 Å². The number of benzene rings is 2. The predicted molar refractivity (Wildman–Crippen MR) is 151 cm³/mol. The zero-order valence-corrected chi connectivity index (χ0v) is 23.4. The van der Waals surface area contributed by atoms with Gasteiger partial charge in [-0.2, -0.15) is 0 Å². The van der Waals surface area contributed by atoms with Gasteiger partial charge in [0.2, 0.25) is 17.7 Å². The van der Waals surface area contributed by atoms with E-state index in [4.69, 9.17) is 11.6 Å². The van der Waals surface area contributed by atoms with E-state index in [0.29, 0.717) is 29.2 Å². The Balaban J connectivity index is 1.54. The maximum absolute atomic E-state index is 14.3. The van der Waals surface area contributed by atoms with Gasteiger partial charge in [0.05, 0.1) is 29.2 Å². The number of hydrogen-bond acceptors (Lipinski definition) is 5. The second-order valence-electron chi connectivity index (χ2n) is 11.3. The Labute approximate surface area is 232 Å². The molecule has 38 heavy (non-hydrogen) atoms. The molecule has 7 nitrogen and oxygen atoms in total. The Bertz CT molecular complexity index is 1230. The lowest BCUT2D eigenvalue weighted by Crippen LogP contribution is -2.55. The molecular formula is C29H34ClN3O4S. The fraction of sp³-hybridized carbons (Fsp3) is 0.483. The van der Waals surface area contributed by atoms with Gasteiger partial charge in [0.15, 0.2) is 0 Å². The maximum Gasteiger partial charge on any atom is 0.248 e. The lowest BCUT2D eigenvalue weighted by molar-refractivity contribution is -0.142. The molecule has 3 aliphatic heterocycles. The number of rotatable bonds is 8. The van der Waals surface area contributed by atoms with Crippen molar-refractivity contribution in [1.29, 1.82) is 0 Å². The minimum Gasteiger partial charge on any atom is -0.394 e. The van der Waals surface area contributed by atoms with Gasteiger partial charge < -0.3 is 20.6 Å². The van der Waals surface area contributed by atoms with E-state index in [1.54, 1.807) is 40.9 Å². The molecular weight excluding hydrogens is 522 g/mol. The van der Waals surface area contributed by atoms with Gasteiger partial charge in [-0.15, -0.1) is 11.8 Å². The molecule has 3 heterocycles. The number of aliphatic hydroxyl groups is 1. The van der Waals surface area contributed by atoms with Crippen LogP contribution in [0.2, 0.25) is 5.02 Å². The molecule has 6 atom stereocenters. The van der Waals surface area contributed by atoms with E-state index in [0.717, 1.165) is 6.42 Å². The van der Waals surface area contributed by atoms with Crippen molar-refractivity contribution >= 4 is 52.5 Å². The third kappa shape index (κ3) is 4.50. The first-order chi connectivity index (χ1) is 18.1. The van der Waals surface area contributed by atoms with Gasteiger partial charge in [0.1, 0.15) is 6.04 Å². The molecule has 2 bridgehead atoms. The first-order valence-corrected chi connectivity index (χ1v) is 14.3. The number of halogens is 1. The third-order valence-electron chi connectivity index (χ3n) is 8.25. The van der Waals surface area contributed by atoms with E-state index >= 15 is 0 Å². The van der Waals surface area contributed by atoms with Gasteiger partial charge in [0, 0.05) is 21.1 Å². The van der Waals surface area contributed by atoms with Crippen LogP contribution in [0.25, 0.3) is 0 Å². The molecule has 3 amide bonds. The number of fused-ring (bicyclic) bond motifs is 1. The Hall–Kier alpha value is -2.55. The largest absolute Gasteiger partial charge is 0.394 e. The summed E-state index contributed by atoms with van der Waals surface area (Å²) in [5, 5.41) is 17.0. The monoisotopic (exact) mass is 555 g/mol. The summed E-state index contributed by atoms with van der Waals surface area (Å²) in [5.41, 5.74) is 1.26. The summed E-state index contributed by atoms with van der Waals surface area (Å²) < 4.78 is -1.23. The topological polar surface area (TPSA) is 98.7 Å². The SMILES string of the molecule is CC(C)C[C@H](CO)N1C(=O)[C@@H]2[C@H](C(=O)Nc3ccccc3)[C@]3(C)CCC2(S3)C1C(=O)Nc1ccc(Cl)cc1. The predicted octanol–water partition coefficient (Wildman–Crippen LogP) is 4.81. The Kier molecular flexibility index (Phi) is 7.26. The quantitative estimate of drug-likeness (QED) is 0.434. The highest BCUT2D eigenvalue weighted by Gasteiger charge is 2.77. The summed E-state index contributed by atoms with van der Waals surface area (Å²) in [6.45, 7) is 5.86. The highest BCUT2D eigenvalue weighted by Crippen LogP contribution is 2.71. The molecule has 1 spiro atoms. The van der Waals surface area contributed by atoms with Crippen molar-refractivity contribution in [1.82, 2.24) is 4.90 Å². The molecule has 0 saturated carbocycles. The Morgan fingerprint density at radius 1 is 1.05 bits per heavy atom. The number of thioether (sulfide) groups is 1. The highest BCUT2D eigenvalue weighted by atomic mass is 35.5. The fourth-order valence-corrected chi connectivity index (χ4v) is 9.23. The van der Waals surface area contributed by atoms with Crippen LogP contribution in [-0.2, 0) is 14.4 Å². The van der Waals surface area contributed by atoms with Crippen molar-refractivity contribution in [2.45, 2.75) is 61.6 Å². The zero-order valence-electron chi connectivity index (χ0n) is 21.8. The molecule has 9 heteroatoms. The number of carbonyl (C=O) groups excluding carboxylic acids is 3. The number of carbonyl (C=O) groups is 3. The average molecular weight is 556 g/mol. The number of nitrogens with one attached hydrogen (secondary N) is 2. The number of anilines is 2. The molecule has 2 aromatic rings.